The number of ether oxygens (including phenoxy) is 1. The maximum atomic E-state index is 10.2. The van der Waals surface area contributed by atoms with Crippen LogP contribution in [0, 0.1) is 0 Å². The van der Waals surface area contributed by atoms with E-state index in [0.717, 1.165) is 5.56 Å². The smallest absolute Gasteiger partial charge is 0.404 e. The van der Waals surface area contributed by atoms with Gasteiger partial charge in [-0.2, -0.15) is 5.10 Å². The van der Waals surface area contributed by atoms with Crippen LogP contribution in [-0.2, 0) is 18.3 Å². The SMILES string of the molecule is Cn1cc(CNCCOC(N)=O)cn1. The highest BCUT2D eigenvalue weighted by Crippen LogP contribution is 1.93. The van der Waals surface area contributed by atoms with Gasteiger partial charge in [-0.25, -0.2) is 4.79 Å². The molecule has 0 unspecified atom stereocenters. The van der Waals surface area contributed by atoms with Gasteiger partial charge in [-0.05, 0) is 0 Å². The number of nitrogens with one attached hydrogen (secondary N) is 1. The first-order valence-corrected chi connectivity index (χ1v) is 4.29. The van der Waals surface area contributed by atoms with Crippen molar-refractivity contribution < 1.29 is 9.53 Å². The summed E-state index contributed by atoms with van der Waals surface area (Å²) in [4.78, 5) is 10.2. The van der Waals surface area contributed by atoms with Crippen LogP contribution in [0.5, 0.6) is 0 Å². The van der Waals surface area contributed by atoms with Crippen LogP contribution in [0.25, 0.3) is 0 Å². The van der Waals surface area contributed by atoms with E-state index in [2.05, 4.69) is 15.2 Å². The molecule has 1 heterocycles. The molecule has 0 saturated carbocycles. The van der Waals surface area contributed by atoms with Crippen molar-refractivity contribution in [2.24, 2.45) is 12.8 Å². The van der Waals surface area contributed by atoms with Crippen molar-refractivity contribution in [1.82, 2.24) is 15.1 Å². The van der Waals surface area contributed by atoms with Gasteiger partial charge in [-0.3, -0.25) is 4.68 Å². The summed E-state index contributed by atoms with van der Waals surface area (Å²) in [5, 5.41) is 7.10. The fourth-order valence-corrected chi connectivity index (χ4v) is 1.02. The maximum Gasteiger partial charge on any atom is 0.404 e. The first kappa shape index (κ1) is 10.5. The Morgan fingerprint density at radius 3 is 3.14 bits per heavy atom. The van der Waals surface area contributed by atoms with Gasteiger partial charge in [0, 0.05) is 31.9 Å². The summed E-state index contributed by atoms with van der Waals surface area (Å²) in [6.07, 6.45) is 2.96. The Balaban J connectivity index is 2.07. The van der Waals surface area contributed by atoms with Gasteiger partial charge in [0.25, 0.3) is 0 Å². The molecule has 0 saturated heterocycles. The normalized spacial score (nSPS) is 10.1. The number of nitrogens with zero attached hydrogens (tertiary/aromatic N) is 2. The number of hydrogen-bond donors (Lipinski definition) is 2. The molecule has 0 spiro atoms. The molecule has 0 aromatic carbocycles. The fourth-order valence-electron chi connectivity index (χ4n) is 1.02. The van der Waals surface area contributed by atoms with Gasteiger partial charge >= 0.3 is 6.09 Å². The van der Waals surface area contributed by atoms with E-state index in [-0.39, 0.29) is 6.61 Å². The second-order valence-electron chi connectivity index (χ2n) is 2.87. The average Bonchev–Trinajstić information content (AvgIpc) is 2.50. The highest BCUT2D eigenvalue weighted by atomic mass is 16.5. The van der Waals surface area contributed by atoms with Crippen LogP contribution in [0.15, 0.2) is 12.4 Å². The van der Waals surface area contributed by atoms with E-state index in [1.54, 1.807) is 10.9 Å². The molecule has 1 amide bonds. The van der Waals surface area contributed by atoms with E-state index in [9.17, 15) is 4.79 Å². The maximum absolute atomic E-state index is 10.2. The van der Waals surface area contributed by atoms with Gasteiger partial charge in [-0.15, -0.1) is 0 Å². The first-order chi connectivity index (χ1) is 6.68. The molecule has 1 rings (SSSR count). The second kappa shape index (κ2) is 5.23. The van der Waals surface area contributed by atoms with Crippen molar-refractivity contribution in [3.8, 4) is 0 Å². The predicted octanol–water partition coefficient (Wildman–Crippen LogP) is -0.395. The zero-order chi connectivity index (χ0) is 10.4. The number of aromatic nitrogens is 2. The summed E-state index contributed by atoms with van der Waals surface area (Å²) in [7, 11) is 1.86. The molecule has 3 N–H and O–H groups in total. The van der Waals surface area contributed by atoms with Crippen LogP contribution >= 0.6 is 0 Å². The minimum Gasteiger partial charge on any atom is -0.448 e. The second-order valence-corrected chi connectivity index (χ2v) is 2.87. The Labute approximate surface area is 82.0 Å². The van der Waals surface area contributed by atoms with E-state index in [1.165, 1.54) is 0 Å². The summed E-state index contributed by atoms with van der Waals surface area (Å²) in [6.45, 7) is 1.57. The minimum absolute atomic E-state index is 0.287. The van der Waals surface area contributed by atoms with Gasteiger partial charge in [0.05, 0.1) is 6.20 Å². The zero-order valence-electron chi connectivity index (χ0n) is 8.06. The van der Waals surface area contributed by atoms with Gasteiger partial charge in [0.15, 0.2) is 0 Å². The van der Waals surface area contributed by atoms with Crippen molar-refractivity contribution in [3.05, 3.63) is 18.0 Å². The lowest BCUT2D eigenvalue weighted by Gasteiger charge is -2.02. The number of amides is 1. The highest BCUT2D eigenvalue weighted by molar-refractivity contribution is 5.64. The Kier molecular flexibility index (Phi) is 3.93. The lowest BCUT2D eigenvalue weighted by atomic mass is 10.3. The molecule has 14 heavy (non-hydrogen) atoms. The molecule has 0 aliphatic heterocycles. The van der Waals surface area contributed by atoms with Crippen molar-refractivity contribution in [2.75, 3.05) is 13.2 Å². The molecular formula is C8H14N4O2. The van der Waals surface area contributed by atoms with Crippen LogP contribution in [-0.4, -0.2) is 29.0 Å². The summed E-state index contributed by atoms with van der Waals surface area (Å²) in [5.74, 6) is 0. The van der Waals surface area contributed by atoms with Gasteiger partial charge in [-0.1, -0.05) is 0 Å². The number of hydrogen-bond acceptors (Lipinski definition) is 4. The molecule has 0 atom stereocenters. The molecule has 0 aliphatic rings. The van der Waals surface area contributed by atoms with Gasteiger partial charge in [0.2, 0.25) is 0 Å². The quantitative estimate of drug-likeness (QED) is 0.631. The third kappa shape index (κ3) is 3.90. The lowest BCUT2D eigenvalue weighted by Crippen LogP contribution is -2.23. The Bertz CT molecular complexity index is 297. The van der Waals surface area contributed by atoms with Crippen LogP contribution in [0.1, 0.15) is 5.56 Å². The van der Waals surface area contributed by atoms with Gasteiger partial charge < -0.3 is 15.8 Å². The summed E-state index contributed by atoms with van der Waals surface area (Å²) in [6, 6.07) is 0. The molecule has 0 radical (unpaired) electrons. The van der Waals surface area contributed by atoms with E-state index in [1.807, 2.05) is 13.2 Å². The highest BCUT2D eigenvalue weighted by Gasteiger charge is 1.96. The average molecular weight is 198 g/mol. The molecule has 1 aromatic heterocycles. The van der Waals surface area contributed by atoms with E-state index in [0.29, 0.717) is 13.1 Å². The molecule has 0 aliphatic carbocycles. The third-order valence-corrected chi connectivity index (χ3v) is 1.61. The van der Waals surface area contributed by atoms with E-state index >= 15 is 0 Å². The zero-order valence-corrected chi connectivity index (χ0v) is 8.06. The molecule has 6 nitrogen and oxygen atoms in total. The molecule has 1 aromatic rings. The van der Waals surface area contributed by atoms with Crippen LogP contribution in [0.2, 0.25) is 0 Å². The fraction of sp³-hybridized carbons (Fsp3) is 0.500. The molecular weight excluding hydrogens is 184 g/mol. The van der Waals surface area contributed by atoms with Crippen molar-refractivity contribution >= 4 is 6.09 Å². The molecule has 0 bridgehead atoms. The largest absolute Gasteiger partial charge is 0.448 e. The van der Waals surface area contributed by atoms with Crippen molar-refractivity contribution in [2.45, 2.75) is 6.54 Å². The van der Waals surface area contributed by atoms with Crippen LogP contribution in [0.4, 0.5) is 4.79 Å². The molecule has 0 fully saturated rings. The molecule has 78 valence electrons. The Morgan fingerprint density at radius 1 is 1.79 bits per heavy atom. The van der Waals surface area contributed by atoms with Crippen molar-refractivity contribution in [3.63, 3.8) is 0 Å². The third-order valence-electron chi connectivity index (χ3n) is 1.61. The van der Waals surface area contributed by atoms with Crippen LogP contribution < -0.4 is 11.1 Å². The summed E-state index contributed by atoms with van der Waals surface area (Å²) in [5.41, 5.74) is 5.88. The number of primary amides is 1. The Hall–Kier alpha value is -1.56. The number of nitrogens with two attached hydrogens (primary N) is 1. The van der Waals surface area contributed by atoms with Crippen molar-refractivity contribution in [1.29, 1.82) is 0 Å². The summed E-state index contributed by atoms with van der Waals surface area (Å²) < 4.78 is 6.27. The van der Waals surface area contributed by atoms with Gasteiger partial charge in [0.1, 0.15) is 6.61 Å². The Morgan fingerprint density at radius 2 is 2.57 bits per heavy atom. The van der Waals surface area contributed by atoms with Crippen LogP contribution in [0.3, 0.4) is 0 Å². The number of aryl methyl sites for hydroxylation is 1. The summed E-state index contributed by atoms with van der Waals surface area (Å²) >= 11 is 0. The topological polar surface area (TPSA) is 82.2 Å². The molecule has 6 heteroatoms. The number of rotatable bonds is 5. The minimum atomic E-state index is -0.742. The standard InChI is InChI=1S/C8H14N4O2/c1-12-6-7(5-11-12)4-10-2-3-14-8(9)13/h5-6,10H,2-4H2,1H3,(H2,9,13). The first-order valence-electron chi connectivity index (χ1n) is 4.29. The predicted molar refractivity (Wildman–Crippen MR) is 50.5 cm³/mol. The van der Waals surface area contributed by atoms with E-state index in [4.69, 9.17) is 5.73 Å². The van der Waals surface area contributed by atoms with E-state index < -0.39 is 6.09 Å². The number of carbonyl (C=O) groups is 1. The lowest BCUT2D eigenvalue weighted by molar-refractivity contribution is 0.157. The number of carbonyl (C=O) groups excluding carboxylic acids is 1. The monoisotopic (exact) mass is 198 g/mol.